The van der Waals surface area contributed by atoms with Crippen LogP contribution >= 0.6 is 11.3 Å². The van der Waals surface area contributed by atoms with Gasteiger partial charge in [0.25, 0.3) is 5.91 Å². The van der Waals surface area contributed by atoms with E-state index in [1.807, 2.05) is 36.5 Å². The molecule has 6 heteroatoms. The van der Waals surface area contributed by atoms with E-state index in [4.69, 9.17) is 6.42 Å². The molecular formula is C21H14N4OS. The molecule has 0 saturated heterocycles. The molecule has 0 saturated carbocycles. The van der Waals surface area contributed by atoms with Gasteiger partial charge >= 0.3 is 0 Å². The maximum Gasteiger partial charge on any atom is 0.275 e. The second-order valence-electron chi connectivity index (χ2n) is 5.73. The summed E-state index contributed by atoms with van der Waals surface area (Å²) >= 11 is 1.40. The van der Waals surface area contributed by atoms with E-state index in [1.54, 1.807) is 40.5 Å². The van der Waals surface area contributed by atoms with Gasteiger partial charge in [0.2, 0.25) is 0 Å². The lowest BCUT2D eigenvalue weighted by atomic mass is 10.2. The van der Waals surface area contributed by atoms with Crippen LogP contribution in [0, 0.1) is 12.3 Å². The fourth-order valence-electron chi connectivity index (χ4n) is 2.55. The summed E-state index contributed by atoms with van der Waals surface area (Å²) < 4.78 is 1.78. The van der Waals surface area contributed by atoms with E-state index < -0.39 is 0 Å². The largest absolute Gasteiger partial charge is 0.321 e. The molecule has 0 fully saturated rings. The van der Waals surface area contributed by atoms with Gasteiger partial charge in [0, 0.05) is 28.4 Å². The van der Waals surface area contributed by atoms with Crippen molar-refractivity contribution in [1.29, 1.82) is 0 Å². The fourth-order valence-corrected chi connectivity index (χ4v) is 3.32. The monoisotopic (exact) mass is 370 g/mol. The number of nitrogens with zero attached hydrogens (tertiary/aromatic N) is 3. The van der Waals surface area contributed by atoms with E-state index in [0.717, 1.165) is 16.3 Å². The first-order valence-corrected chi connectivity index (χ1v) is 9.05. The molecule has 4 aromatic rings. The van der Waals surface area contributed by atoms with Gasteiger partial charge in [-0.05, 0) is 30.3 Å². The van der Waals surface area contributed by atoms with Crippen LogP contribution in [0.4, 0.5) is 5.69 Å². The van der Waals surface area contributed by atoms with E-state index in [1.165, 1.54) is 11.3 Å². The van der Waals surface area contributed by atoms with Gasteiger partial charge in [-0.2, -0.15) is 5.10 Å². The lowest BCUT2D eigenvalue weighted by molar-refractivity contribution is 0.102. The van der Waals surface area contributed by atoms with Crippen molar-refractivity contribution >= 4 is 22.9 Å². The van der Waals surface area contributed by atoms with Crippen LogP contribution in [0.3, 0.4) is 0 Å². The zero-order valence-corrected chi connectivity index (χ0v) is 15.0. The number of amides is 1. The minimum atomic E-state index is -0.276. The molecule has 0 bridgehead atoms. The summed E-state index contributed by atoms with van der Waals surface area (Å²) in [5.41, 5.74) is 3.53. The number of anilines is 1. The van der Waals surface area contributed by atoms with Crippen LogP contribution in [0.15, 0.2) is 72.4 Å². The molecule has 130 valence electrons. The average Bonchev–Trinajstić information content (AvgIpc) is 3.38. The molecule has 27 heavy (non-hydrogen) atoms. The van der Waals surface area contributed by atoms with Gasteiger partial charge in [-0.15, -0.1) is 17.8 Å². The number of thiazole rings is 1. The molecule has 2 heterocycles. The minimum Gasteiger partial charge on any atom is -0.321 e. The number of rotatable bonds is 4. The van der Waals surface area contributed by atoms with Crippen molar-refractivity contribution in [2.45, 2.75) is 0 Å². The van der Waals surface area contributed by atoms with Crippen molar-refractivity contribution in [1.82, 2.24) is 14.8 Å². The van der Waals surface area contributed by atoms with Crippen LogP contribution in [-0.2, 0) is 0 Å². The minimum absolute atomic E-state index is 0.276. The highest BCUT2D eigenvalue weighted by Gasteiger charge is 2.13. The standard InChI is InChI=1S/C21H14N4OS/c1-2-15-7-6-8-17(11-15)23-20(26)19-14-27-21(24-19)16-12-22-25(13-16)18-9-4-3-5-10-18/h1,3-14H,(H,23,26). The number of nitrogens with one attached hydrogen (secondary N) is 1. The molecule has 0 radical (unpaired) electrons. The number of carbonyl (C=O) groups is 1. The Morgan fingerprint density at radius 3 is 2.81 bits per heavy atom. The van der Waals surface area contributed by atoms with Crippen molar-refractivity contribution in [2.24, 2.45) is 0 Å². The Labute approximate surface area is 160 Å². The third-order valence-electron chi connectivity index (χ3n) is 3.87. The highest BCUT2D eigenvalue weighted by molar-refractivity contribution is 7.13. The Bertz CT molecular complexity index is 1140. The molecule has 2 aromatic heterocycles. The van der Waals surface area contributed by atoms with Gasteiger partial charge < -0.3 is 5.32 Å². The molecule has 0 aliphatic carbocycles. The molecule has 1 amide bonds. The average molecular weight is 370 g/mol. The molecule has 0 atom stereocenters. The first-order chi connectivity index (χ1) is 13.2. The zero-order chi connectivity index (χ0) is 18.6. The van der Waals surface area contributed by atoms with Crippen molar-refractivity contribution in [3.8, 4) is 28.6 Å². The highest BCUT2D eigenvalue weighted by Crippen LogP contribution is 2.24. The van der Waals surface area contributed by atoms with Crippen LogP contribution in [0.1, 0.15) is 16.1 Å². The maximum atomic E-state index is 12.4. The number of carbonyl (C=O) groups excluding carboxylic acids is 1. The summed E-state index contributed by atoms with van der Waals surface area (Å²) in [6, 6.07) is 17.0. The smallest absolute Gasteiger partial charge is 0.275 e. The zero-order valence-electron chi connectivity index (χ0n) is 14.2. The summed E-state index contributed by atoms with van der Waals surface area (Å²) in [4.78, 5) is 16.9. The molecule has 0 spiro atoms. The first-order valence-electron chi connectivity index (χ1n) is 8.17. The Morgan fingerprint density at radius 2 is 2.00 bits per heavy atom. The third-order valence-corrected chi connectivity index (χ3v) is 4.77. The Hall–Kier alpha value is -3.69. The number of hydrogen-bond donors (Lipinski definition) is 1. The Balaban J connectivity index is 1.52. The summed E-state index contributed by atoms with van der Waals surface area (Å²) in [5.74, 6) is 2.27. The van der Waals surface area contributed by atoms with Crippen molar-refractivity contribution < 1.29 is 4.79 Å². The van der Waals surface area contributed by atoms with Gasteiger partial charge in [0.1, 0.15) is 10.7 Å². The van der Waals surface area contributed by atoms with Gasteiger partial charge in [-0.25, -0.2) is 9.67 Å². The lowest BCUT2D eigenvalue weighted by Crippen LogP contribution is -2.12. The SMILES string of the molecule is C#Cc1cccc(NC(=O)c2csc(-c3cnn(-c4ccccc4)c3)n2)c1. The molecule has 0 aliphatic heterocycles. The quantitative estimate of drug-likeness (QED) is 0.547. The Kier molecular flexibility index (Phi) is 4.52. The van der Waals surface area contributed by atoms with Gasteiger partial charge in [0.05, 0.1) is 11.9 Å². The highest BCUT2D eigenvalue weighted by atomic mass is 32.1. The van der Waals surface area contributed by atoms with Crippen LogP contribution in [0.25, 0.3) is 16.3 Å². The number of para-hydroxylation sites is 1. The third kappa shape index (κ3) is 3.64. The number of aromatic nitrogens is 3. The Morgan fingerprint density at radius 1 is 1.15 bits per heavy atom. The lowest BCUT2D eigenvalue weighted by Gasteiger charge is -2.03. The van der Waals surface area contributed by atoms with Gasteiger partial charge in [-0.1, -0.05) is 30.2 Å². The number of hydrogen-bond acceptors (Lipinski definition) is 4. The van der Waals surface area contributed by atoms with Gasteiger partial charge in [0.15, 0.2) is 0 Å². The normalized spacial score (nSPS) is 10.3. The molecule has 1 N–H and O–H groups in total. The molecule has 5 nitrogen and oxygen atoms in total. The van der Waals surface area contributed by atoms with Crippen LogP contribution < -0.4 is 5.32 Å². The number of terminal acetylenes is 1. The summed E-state index contributed by atoms with van der Waals surface area (Å²) in [6.07, 6.45) is 9.03. The molecule has 2 aromatic carbocycles. The van der Waals surface area contributed by atoms with Crippen molar-refractivity contribution in [3.05, 3.63) is 83.6 Å². The van der Waals surface area contributed by atoms with Crippen molar-refractivity contribution in [3.63, 3.8) is 0 Å². The van der Waals surface area contributed by atoms with Crippen LogP contribution in [0.2, 0.25) is 0 Å². The summed E-state index contributed by atoms with van der Waals surface area (Å²) in [6.45, 7) is 0. The summed E-state index contributed by atoms with van der Waals surface area (Å²) in [5, 5.41) is 9.65. The molecule has 0 unspecified atom stereocenters. The second kappa shape index (κ2) is 7.28. The van der Waals surface area contributed by atoms with Crippen LogP contribution in [0.5, 0.6) is 0 Å². The second-order valence-corrected chi connectivity index (χ2v) is 6.58. The predicted molar refractivity (Wildman–Crippen MR) is 107 cm³/mol. The van der Waals surface area contributed by atoms with E-state index >= 15 is 0 Å². The van der Waals surface area contributed by atoms with E-state index in [9.17, 15) is 4.79 Å². The van der Waals surface area contributed by atoms with E-state index in [-0.39, 0.29) is 5.91 Å². The van der Waals surface area contributed by atoms with Gasteiger partial charge in [-0.3, -0.25) is 4.79 Å². The fraction of sp³-hybridized carbons (Fsp3) is 0. The predicted octanol–water partition coefficient (Wildman–Crippen LogP) is 4.23. The van der Waals surface area contributed by atoms with Crippen molar-refractivity contribution in [2.75, 3.05) is 5.32 Å². The maximum absolute atomic E-state index is 12.4. The topological polar surface area (TPSA) is 59.8 Å². The molecular weight excluding hydrogens is 356 g/mol. The summed E-state index contributed by atoms with van der Waals surface area (Å²) in [7, 11) is 0. The van der Waals surface area contributed by atoms with E-state index in [2.05, 4.69) is 21.3 Å². The van der Waals surface area contributed by atoms with Crippen LogP contribution in [-0.4, -0.2) is 20.7 Å². The molecule has 0 aliphatic rings. The van der Waals surface area contributed by atoms with E-state index in [0.29, 0.717) is 16.9 Å². The first kappa shape index (κ1) is 16.8. The molecule has 4 rings (SSSR count). The number of benzene rings is 2.